The molecule has 2 aliphatic heterocycles. The first-order valence-electron chi connectivity index (χ1n) is 14.7. The number of aliphatic imine (C=N–C) groups is 2. The Hall–Kier alpha value is -3.80. The monoisotopic (exact) mass is 758 g/mol. The molecule has 0 spiro atoms. The van der Waals surface area contributed by atoms with E-state index < -0.39 is 17.9 Å². The maximum atomic E-state index is 9.87. The summed E-state index contributed by atoms with van der Waals surface area (Å²) in [5.41, 5.74) is 7.78. The summed E-state index contributed by atoms with van der Waals surface area (Å²) in [7, 11) is -5.05. The molecule has 0 bridgehead atoms. The Morgan fingerprint density at radius 2 is 1.22 bits per heavy atom. The SMILES string of the molecule is COc1cc2c(cc1OC)[NH+](C)C(C)C(c1ccccc1)=N2.COc1ccc2c(c1)[NH+](C)C(C)C(C)=N2.CS(=O)(=O)O[O-].F[P-](F)(F)(F)(F)F. The van der Waals surface area contributed by atoms with E-state index in [9.17, 15) is 33.6 Å². The Labute approximate surface area is 287 Å². The van der Waals surface area contributed by atoms with Crippen LogP contribution in [-0.2, 0) is 14.5 Å². The van der Waals surface area contributed by atoms with Crippen molar-refractivity contribution < 1.29 is 67.2 Å². The molecule has 5 rings (SSSR count). The number of benzene rings is 3. The van der Waals surface area contributed by atoms with Crippen molar-refractivity contribution in [3.8, 4) is 17.2 Å². The van der Waals surface area contributed by atoms with Gasteiger partial charge in [0, 0.05) is 23.8 Å². The Balaban J connectivity index is 0.000000266. The molecule has 4 atom stereocenters. The maximum absolute atomic E-state index is 10.7. The molecule has 0 fully saturated rings. The van der Waals surface area contributed by atoms with Crippen LogP contribution < -0.4 is 29.3 Å². The van der Waals surface area contributed by atoms with Crippen LogP contribution in [-0.4, -0.2) is 73.6 Å². The quantitative estimate of drug-likeness (QED) is 0.156. The Morgan fingerprint density at radius 1 is 0.740 bits per heavy atom. The van der Waals surface area contributed by atoms with Gasteiger partial charge < -0.3 is 23.8 Å². The van der Waals surface area contributed by atoms with Crippen molar-refractivity contribution in [2.45, 2.75) is 32.9 Å². The molecule has 2 aliphatic rings. The van der Waals surface area contributed by atoms with Crippen molar-refractivity contribution in [1.82, 2.24) is 0 Å². The third-order valence-electron chi connectivity index (χ3n) is 7.62. The van der Waals surface area contributed by atoms with Gasteiger partial charge in [0.25, 0.3) is 10.1 Å². The summed E-state index contributed by atoms with van der Waals surface area (Å²) >= 11 is 0. The summed E-state index contributed by atoms with van der Waals surface area (Å²) in [6, 6.07) is 21.0. The number of fused-ring (bicyclic) bond motifs is 2. The van der Waals surface area contributed by atoms with Gasteiger partial charge in [-0.15, -0.1) is 0 Å². The van der Waals surface area contributed by atoms with E-state index in [4.69, 9.17) is 24.5 Å². The Bertz CT molecular complexity index is 1800. The van der Waals surface area contributed by atoms with Crippen LogP contribution in [0.1, 0.15) is 26.3 Å². The van der Waals surface area contributed by atoms with Gasteiger partial charge in [-0.25, -0.2) is 18.4 Å². The molecule has 0 aliphatic carbocycles. The van der Waals surface area contributed by atoms with Crippen LogP contribution in [0.2, 0.25) is 0 Å². The van der Waals surface area contributed by atoms with Gasteiger partial charge in [0.2, 0.25) is 0 Å². The van der Waals surface area contributed by atoms with Gasteiger partial charge in [-0.05, 0) is 32.9 Å². The Kier molecular flexibility index (Phi) is 13.2. The van der Waals surface area contributed by atoms with Crippen LogP contribution in [0.5, 0.6) is 17.2 Å². The summed E-state index contributed by atoms with van der Waals surface area (Å²) in [6.45, 7) is 6.47. The first-order chi connectivity index (χ1) is 22.8. The second-order valence-corrected chi connectivity index (χ2v) is 14.7. The first kappa shape index (κ1) is 42.4. The molecule has 280 valence electrons. The predicted molar refractivity (Wildman–Crippen MR) is 179 cm³/mol. The average Bonchev–Trinajstić information content (AvgIpc) is 3.04. The molecule has 0 saturated carbocycles. The molecule has 0 aromatic heterocycles. The van der Waals surface area contributed by atoms with Crippen molar-refractivity contribution >= 4 is 52.1 Å². The molecule has 4 unspecified atom stereocenters. The molecule has 2 heterocycles. The van der Waals surface area contributed by atoms with E-state index in [0.29, 0.717) is 18.0 Å². The average molecular weight is 759 g/mol. The van der Waals surface area contributed by atoms with Crippen LogP contribution in [0.25, 0.3) is 0 Å². The zero-order valence-electron chi connectivity index (χ0n) is 28.8. The van der Waals surface area contributed by atoms with Gasteiger partial charge in [0.05, 0.1) is 47.4 Å². The van der Waals surface area contributed by atoms with Gasteiger partial charge in [0.1, 0.15) is 34.9 Å². The molecule has 0 saturated heterocycles. The van der Waals surface area contributed by atoms with E-state index in [-0.39, 0.29) is 6.04 Å². The topological polar surface area (TPSA) is 128 Å². The van der Waals surface area contributed by atoms with Crippen LogP contribution in [0, 0.1) is 0 Å². The number of hydrogen-bond donors (Lipinski definition) is 2. The molecule has 0 radical (unpaired) electrons. The van der Waals surface area contributed by atoms with Gasteiger partial charge >= 0.3 is 33.0 Å². The number of ether oxygens (including phenoxy) is 3. The van der Waals surface area contributed by atoms with E-state index in [2.05, 4.69) is 62.4 Å². The number of nitrogens with zero attached hydrogens (tertiary/aromatic N) is 2. The van der Waals surface area contributed by atoms with Crippen molar-refractivity contribution in [3.05, 3.63) is 66.2 Å². The first-order valence-corrected chi connectivity index (χ1v) is 18.5. The number of likely N-dealkylation sites (N-methyl/N-ethyl adjacent to an activating group) is 1. The molecule has 2 N–H and O–H groups in total. The van der Waals surface area contributed by atoms with Gasteiger partial charge in [0.15, 0.2) is 22.9 Å². The van der Waals surface area contributed by atoms with Gasteiger partial charge in [-0.3, -0.25) is 9.80 Å². The standard InChI is InChI=1S/C18H20N2O2.C12H16N2O.CH4O4S.F6P/c1-12-18(13-8-6-5-7-9-13)19-14-10-16(21-3)17(22-4)11-15(14)20(12)2;1-8-9(2)14(3)12-7-10(15-4)5-6-11(12)13-8;1-6(3,4)5-2;1-7(2,3,4,5)6/h5-12H,1-4H3;5-7,9H,1-4H3;2H,1H3;/q;;;-1/p+1. The van der Waals surface area contributed by atoms with E-state index in [1.165, 1.54) is 21.2 Å². The molecule has 0 amide bonds. The second kappa shape index (κ2) is 15.6. The predicted octanol–water partition coefficient (Wildman–Crippen LogP) is 5.33. The van der Waals surface area contributed by atoms with Gasteiger partial charge in [-0.1, -0.05) is 30.3 Å². The number of halogens is 6. The summed E-state index contributed by atoms with van der Waals surface area (Å²) in [4.78, 5) is 12.2. The molecular weight excluding hydrogens is 717 g/mol. The fourth-order valence-electron chi connectivity index (χ4n) is 4.75. The summed E-state index contributed by atoms with van der Waals surface area (Å²) in [6.07, 6.45) is 0.681. The molecular formula is C31H41F6N4O7PS. The summed E-state index contributed by atoms with van der Waals surface area (Å²) in [5, 5.41) is 8.86. The van der Waals surface area contributed by atoms with Crippen LogP contribution in [0.4, 0.5) is 47.9 Å². The fourth-order valence-corrected chi connectivity index (χ4v) is 4.75. The van der Waals surface area contributed by atoms with E-state index >= 15 is 0 Å². The van der Waals surface area contributed by atoms with E-state index in [1.807, 2.05) is 42.5 Å². The third kappa shape index (κ3) is 13.5. The van der Waals surface area contributed by atoms with Crippen LogP contribution in [0.15, 0.2) is 70.6 Å². The number of methoxy groups -OCH3 is 3. The van der Waals surface area contributed by atoms with E-state index in [1.54, 1.807) is 21.3 Å². The van der Waals surface area contributed by atoms with Gasteiger partial charge in [-0.2, -0.15) is 0 Å². The number of quaternary nitrogens is 2. The minimum atomic E-state index is -10.7. The van der Waals surface area contributed by atoms with Crippen molar-refractivity contribution in [2.75, 3.05) is 41.7 Å². The molecule has 19 heteroatoms. The molecule has 3 aromatic rings. The summed E-state index contributed by atoms with van der Waals surface area (Å²) in [5.74, 6) is 2.35. The van der Waals surface area contributed by atoms with Crippen molar-refractivity contribution in [2.24, 2.45) is 9.98 Å². The van der Waals surface area contributed by atoms with Crippen LogP contribution >= 0.6 is 7.81 Å². The molecule has 50 heavy (non-hydrogen) atoms. The van der Waals surface area contributed by atoms with Crippen molar-refractivity contribution in [3.63, 3.8) is 0 Å². The number of rotatable bonds is 5. The second-order valence-electron chi connectivity index (χ2n) is 11.3. The number of hydrogen-bond acceptors (Lipinski definition) is 9. The minimum absolute atomic E-state index is 0.271. The fraction of sp³-hybridized carbons (Fsp3) is 0.355. The summed E-state index contributed by atoms with van der Waals surface area (Å²) < 4.78 is 96.8. The van der Waals surface area contributed by atoms with E-state index in [0.717, 1.165) is 39.8 Å². The Morgan fingerprint density at radius 3 is 1.70 bits per heavy atom. The number of nitrogens with one attached hydrogen (secondary N) is 2. The zero-order valence-corrected chi connectivity index (χ0v) is 30.5. The molecule has 11 nitrogen and oxygen atoms in total. The van der Waals surface area contributed by atoms with Crippen molar-refractivity contribution in [1.29, 1.82) is 0 Å². The van der Waals surface area contributed by atoms with Crippen LogP contribution in [0.3, 0.4) is 0 Å². The zero-order chi connectivity index (χ0) is 38.3. The molecule has 3 aromatic carbocycles. The normalized spacial score (nSPS) is 20.8. The third-order valence-corrected chi connectivity index (χ3v) is 7.87.